The molecule has 0 aliphatic carbocycles. The maximum atomic E-state index is 13.9. The summed E-state index contributed by atoms with van der Waals surface area (Å²) in [6.07, 6.45) is 0. The molecule has 156 valence electrons. The lowest BCUT2D eigenvalue weighted by atomic mass is 10.2. The molecule has 2 N–H and O–H groups in total. The number of rotatable bonds is 7. The van der Waals surface area contributed by atoms with Crippen molar-refractivity contribution in [3.63, 3.8) is 0 Å². The van der Waals surface area contributed by atoms with Gasteiger partial charge in [-0.25, -0.2) is 17.5 Å². The first-order valence-electron chi connectivity index (χ1n) is 9.09. The Kier molecular flexibility index (Phi) is 6.49. The molecule has 3 aromatic carbocycles. The van der Waals surface area contributed by atoms with Crippen LogP contribution in [0.4, 0.5) is 10.1 Å². The van der Waals surface area contributed by atoms with E-state index in [-0.39, 0.29) is 28.4 Å². The Balaban J connectivity index is 1.83. The van der Waals surface area contributed by atoms with E-state index in [4.69, 9.17) is 4.74 Å². The van der Waals surface area contributed by atoms with Gasteiger partial charge in [-0.2, -0.15) is 0 Å². The minimum Gasteiger partial charge on any atom is -0.495 e. The smallest absolute Gasteiger partial charge is 0.258 e. The van der Waals surface area contributed by atoms with Gasteiger partial charge in [-0.1, -0.05) is 42.0 Å². The minimum absolute atomic E-state index is 0.0563. The van der Waals surface area contributed by atoms with Crippen LogP contribution in [0.2, 0.25) is 0 Å². The van der Waals surface area contributed by atoms with E-state index in [2.05, 4.69) is 10.0 Å². The molecule has 3 aromatic rings. The lowest BCUT2D eigenvalue weighted by molar-refractivity contribution is 0.102. The van der Waals surface area contributed by atoms with Gasteiger partial charge < -0.3 is 10.1 Å². The topological polar surface area (TPSA) is 84.5 Å². The molecule has 0 saturated heterocycles. The van der Waals surface area contributed by atoms with E-state index in [0.29, 0.717) is 0 Å². The van der Waals surface area contributed by atoms with Crippen LogP contribution in [0.25, 0.3) is 0 Å². The second kappa shape index (κ2) is 9.06. The maximum Gasteiger partial charge on any atom is 0.258 e. The monoisotopic (exact) mass is 428 g/mol. The highest BCUT2D eigenvalue weighted by molar-refractivity contribution is 7.89. The molecule has 0 aliphatic heterocycles. The summed E-state index contributed by atoms with van der Waals surface area (Å²) < 4.78 is 47.0. The van der Waals surface area contributed by atoms with E-state index in [1.165, 1.54) is 49.6 Å². The molecule has 8 heteroatoms. The standard InChI is InChI=1S/C22H21FN2O4S/c1-15-7-9-16(10-8-15)14-24-30(27,28)17-11-12-21(29-2)20(13-17)25-22(26)18-5-3-4-6-19(18)23/h3-13,24H,14H2,1-2H3,(H,25,26). The van der Waals surface area contributed by atoms with E-state index >= 15 is 0 Å². The van der Waals surface area contributed by atoms with Gasteiger partial charge >= 0.3 is 0 Å². The number of ether oxygens (including phenoxy) is 1. The van der Waals surface area contributed by atoms with Crippen LogP contribution in [0.5, 0.6) is 5.75 Å². The Labute approximate surface area is 174 Å². The first kappa shape index (κ1) is 21.5. The second-order valence-electron chi connectivity index (χ2n) is 6.61. The molecule has 0 aliphatic rings. The van der Waals surface area contributed by atoms with Gasteiger partial charge in [0.1, 0.15) is 11.6 Å². The summed E-state index contributed by atoms with van der Waals surface area (Å²) in [5.41, 5.74) is 1.84. The fraction of sp³-hybridized carbons (Fsp3) is 0.136. The molecule has 0 atom stereocenters. The van der Waals surface area contributed by atoms with Gasteiger partial charge in [0.15, 0.2) is 0 Å². The largest absolute Gasteiger partial charge is 0.495 e. The van der Waals surface area contributed by atoms with Crippen molar-refractivity contribution < 1.29 is 22.3 Å². The van der Waals surface area contributed by atoms with Crippen molar-refractivity contribution in [3.05, 3.63) is 89.2 Å². The van der Waals surface area contributed by atoms with Crippen molar-refractivity contribution in [1.29, 1.82) is 0 Å². The Bertz CT molecular complexity index is 1160. The zero-order chi connectivity index (χ0) is 21.7. The molecular formula is C22H21FN2O4S. The van der Waals surface area contributed by atoms with E-state index < -0.39 is 21.7 Å². The number of carbonyl (C=O) groups excluding carboxylic acids is 1. The predicted molar refractivity (Wildman–Crippen MR) is 113 cm³/mol. The van der Waals surface area contributed by atoms with Crippen LogP contribution in [-0.2, 0) is 16.6 Å². The van der Waals surface area contributed by atoms with Crippen molar-refractivity contribution in [2.24, 2.45) is 0 Å². The molecule has 0 saturated carbocycles. The number of anilines is 1. The number of amides is 1. The van der Waals surface area contributed by atoms with Crippen molar-refractivity contribution in [2.45, 2.75) is 18.4 Å². The van der Waals surface area contributed by atoms with Crippen LogP contribution in [0.1, 0.15) is 21.5 Å². The van der Waals surface area contributed by atoms with Crippen molar-refractivity contribution in [1.82, 2.24) is 4.72 Å². The molecule has 3 rings (SSSR count). The van der Waals surface area contributed by atoms with Crippen LogP contribution in [0.15, 0.2) is 71.6 Å². The summed E-state index contributed by atoms with van der Waals surface area (Å²) >= 11 is 0. The molecule has 0 bridgehead atoms. The average molecular weight is 428 g/mol. The molecule has 0 heterocycles. The first-order valence-corrected chi connectivity index (χ1v) is 10.6. The first-order chi connectivity index (χ1) is 14.3. The van der Waals surface area contributed by atoms with E-state index in [1.807, 2.05) is 31.2 Å². The fourth-order valence-corrected chi connectivity index (χ4v) is 3.80. The van der Waals surface area contributed by atoms with E-state index in [9.17, 15) is 17.6 Å². The predicted octanol–water partition coefficient (Wildman–Crippen LogP) is 3.87. The summed E-state index contributed by atoms with van der Waals surface area (Å²) in [7, 11) is -2.47. The molecule has 30 heavy (non-hydrogen) atoms. The highest BCUT2D eigenvalue weighted by atomic mass is 32.2. The third-order valence-electron chi connectivity index (χ3n) is 4.43. The number of sulfonamides is 1. The second-order valence-corrected chi connectivity index (χ2v) is 8.37. The number of carbonyl (C=O) groups is 1. The maximum absolute atomic E-state index is 13.9. The number of methoxy groups -OCH3 is 1. The normalized spacial score (nSPS) is 11.2. The third kappa shape index (κ3) is 5.03. The zero-order valence-electron chi connectivity index (χ0n) is 16.5. The number of hydrogen-bond donors (Lipinski definition) is 2. The van der Waals surface area contributed by atoms with Crippen molar-refractivity contribution in [2.75, 3.05) is 12.4 Å². The minimum atomic E-state index is -3.86. The highest BCUT2D eigenvalue weighted by Crippen LogP contribution is 2.28. The number of hydrogen-bond acceptors (Lipinski definition) is 4. The molecule has 0 spiro atoms. The Morgan fingerprint density at radius 3 is 2.40 bits per heavy atom. The molecule has 6 nitrogen and oxygen atoms in total. The average Bonchev–Trinajstić information content (AvgIpc) is 2.73. The zero-order valence-corrected chi connectivity index (χ0v) is 17.3. The lowest BCUT2D eigenvalue weighted by Gasteiger charge is -2.13. The van der Waals surface area contributed by atoms with E-state index in [1.54, 1.807) is 0 Å². The van der Waals surface area contributed by atoms with Crippen LogP contribution >= 0.6 is 0 Å². The van der Waals surface area contributed by atoms with Crippen LogP contribution in [0.3, 0.4) is 0 Å². The summed E-state index contributed by atoms with van der Waals surface area (Å²) in [4.78, 5) is 12.4. The summed E-state index contributed by atoms with van der Waals surface area (Å²) in [5.74, 6) is -1.15. The van der Waals surface area contributed by atoms with Gasteiger partial charge in [0.2, 0.25) is 10.0 Å². The third-order valence-corrected chi connectivity index (χ3v) is 5.83. The number of nitrogens with one attached hydrogen (secondary N) is 2. The van der Waals surface area contributed by atoms with Gasteiger partial charge in [-0.05, 0) is 42.8 Å². The van der Waals surface area contributed by atoms with Gasteiger partial charge in [0, 0.05) is 6.54 Å². The van der Waals surface area contributed by atoms with Gasteiger partial charge in [-0.3, -0.25) is 4.79 Å². The molecule has 0 fully saturated rings. The summed E-state index contributed by atoms with van der Waals surface area (Å²) in [5, 5.41) is 2.51. The summed E-state index contributed by atoms with van der Waals surface area (Å²) in [6.45, 7) is 2.06. The summed E-state index contributed by atoms with van der Waals surface area (Å²) in [6, 6.07) is 17.0. The molecule has 0 aromatic heterocycles. The van der Waals surface area contributed by atoms with Gasteiger partial charge in [-0.15, -0.1) is 0 Å². The highest BCUT2D eigenvalue weighted by Gasteiger charge is 2.19. The van der Waals surface area contributed by atoms with E-state index in [0.717, 1.165) is 11.1 Å². The Morgan fingerprint density at radius 1 is 1.03 bits per heavy atom. The van der Waals surface area contributed by atoms with Gasteiger partial charge in [0.25, 0.3) is 5.91 Å². The fourth-order valence-electron chi connectivity index (χ4n) is 2.75. The number of halogens is 1. The van der Waals surface area contributed by atoms with Crippen LogP contribution in [0, 0.1) is 12.7 Å². The molecule has 0 unspecified atom stereocenters. The van der Waals surface area contributed by atoms with Gasteiger partial charge in [0.05, 0.1) is 23.3 Å². The van der Waals surface area contributed by atoms with Crippen LogP contribution in [-0.4, -0.2) is 21.4 Å². The molecule has 0 radical (unpaired) electrons. The molecule has 1 amide bonds. The number of aryl methyl sites for hydroxylation is 1. The Morgan fingerprint density at radius 2 is 1.73 bits per heavy atom. The number of benzene rings is 3. The Hall–Kier alpha value is -3.23. The van der Waals surface area contributed by atoms with Crippen LogP contribution < -0.4 is 14.8 Å². The lowest BCUT2D eigenvalue weighted by Crippen LogP contribution is -2.23. The van der Waals surface area contributed by atoms with Crippen molar-refractivity contribution in [3.8, 4) is 5.75 Å². The van der Waals surface area contributed by atoms with Crippen molar-refractivity contribution >= 4 is 21.6 Å². The quantitative estimate of drug-likeness (QED) is 0.598. The molecular weight excluding hydrogens is 407 g/mol. The SMILES string of the molecule is COc1ccc(S(=O)(=O)NCc2ccc(C)cc2)cc1NC(=O)c1ccccc1F.